The molecule has 0 saturated heterocycles. The molecule has 10 N–H and O–H groups in total. The molecule has 0 bridgehead atoms. The van der Waals surface area contributed by atoms with Gasteiger partial charge in [0, 0.05) is 36.6 Å². The highest BCUT2D eigenvalue weighted by atomic mass is 32.2. The summed E-state index contributed by atoms with van der Waals surface area (Å²) in [5.41, 5.74) is 8.38. The molecule has 0 aliphatic carbocycles. The normalized spacial score (nSPS) is 13.4. The van der Waals surface area contributed by atoms with Gasteiger partial charge in [-0.25, -0.2) is 0 Å². The fraction of sp³-hybridized carbons (Fsp3) is 0.553. The molecule has 2 aromatic carbocycles. The molecule has 5 atom stereocenters. The lowest BCUT2D eigenvalue weighted by Crippen LogP contribution is -2.58. The summed E-state index contributed by atoms with van der Waals surface area (Å²) in [5, 5.41) is 33.6. The van der Waals surface area contributed by atoms with Crippen LogP contribution >= 0.6 is 11.8 Å². The summed E-state index contributed by atoms with van der Waals surface area (Å²) in [6.07, 6.45) is 9.89. The number of para-hydroxylation sites is 1. The second-order valence-electron chi connectivity index (χ2n) is 16.3. The topological polar surface area (TPSA) is 265 Å². The van der Waals surface area contributed by atoms with Crippen molar-refractivity contribution in [2.24, 2.45) is 5.73 Å². The molecule has 6 amide bonds. The Balaban J connectivity index is 1.81. The van der Waals surface area contributed by atoms with Crippen LogP contribution in [0, 0.1) is 0 Å². The number of aliphatic carboxylic acids is 1. The summed E-state index contributed by atoms with van der Waals surface area (Å²) in [5.74, 6) is -4.61. The first-order valence-corrected chi connectivity index (χ1v) is 24.2. The number of nitrogens with zero attached hydrogens (tertiary/aromatic N) is 1. The van der Waals surface area contributed by atoms with Crippen molar-refractivity contribution in [3.05, 3.63) is 65.9 Å². The average Bonchev–Trinajstić information content (AvgIpc) is 3.70. The van der Waals surface area contributed by atoms with Crippen LogP contribution in [0.3, 0.4) is 0 Å². The Kier molecular flexibility index (Phi) is 24.0. The van der Waals surface area contributed by atoms with Gasteiger partial charge in [-0.3, -0.25) is 33.6 Å². The van der Waals surface area contributed by atoms with Crippen LogP contribution in [0.1, 0.15) is 103 Å². The van der Waals surface area contributed by atoms with E-state index < -0.39 is 84.6 Å². The minimum Gasteiger partial charge on any atom is -0.508 e. The molecule has 17 nitrogen and oxygen atoms in total. The molecular formula is C47H70N8O9S. The van der Waals surface area contributed by atoms with Crippen molar-refractivity contribution >= 4 is 64.1 Å². The molecule has 0 spiro atoms. The van der Waals surface area contributed by atoms with Crippen molar-refractivity contribution < 1.29 is 43.8 Å². The zero-order chi connectivity index (χ0) is 47.7. The molecular weight excluding hydrogens is 853 g/mol. The number of amides is 6. The number of unbranched alkanes of at least 4 members (excludes halogenated alkanes) is 5. The monoisotopic (exact) mass is 922 g/mol. The van der Waals surface area contributed by atoms with E-state index in [0.29, 0.717) is 36.4 Å². The number of benzene rings is 2. The van der Waals surface area contributed by atoms with Crippen LogP contribution in [0.5, 0.6) is 5.75 Å². The fourth-order valence-electron chi connectivity index (χ4n) is 7.28. The second kappa shape index (κ2) is 29.0. The van der Waals surface area contributed by atoms with E-state index in [4.69, 9.17) is 5.73 Å². The van der Waals surface area contributed by atoms with Crippen LogP contribution in [-0.2, 0) is 46.4 Å². The van der Waals surface area contributed by atoms with Crippen molar-refractivity contribution in [2.75, 3.05) is 31.6 Å². The molecule has 0 fully saturated rings. The van der Waals surface area contributed by atoms with Gasteiger partial charge in [0.05, 0.1) is 19.0 Å². The Morgan fingerprint density at radius 2 is 1.31 bits per heavy atom. The van der Waals surface area contributed by atoms with Crippen LogP contribution < -0.4 is 32.3 Å². The lowest BCUT2D eigenvalue weighted by atomic mass is 10.0. The SMILES string of the molecule is CCCCCN(CCCCC)C(=O)[C@H](CC(=O)O)NC(=O)[C@H](CCSC)NC(=O)[C@H](Cc1c[nH]c2ccccc12)NC(=O)CNC(=O)[C@H](CCCC)NC(=O)[C@@H](N)Cc1ccc(O)cc1. The van der Waals surface area contributed by atoms with Crippen LogP contribution in [0.4, 0.5) is 0 Å². The highest BCUT2D eigenvalue weighted by Gasteiger charge is 2.33. The number of nitrogens with two attached hydrogens (primary N) is 1. The second-order valence-corrected chi connectivity index (χ2v) is 17.3. The Labute approximate surface area is 386 Å². The number of carbonyl (C=O) groups excluding carboxylic acids is 6. The van der Waals surface area contributed by atoms with E-state index in [1.807, 2.05) is 51.3 Å². The molecule has 358 valence electrons. The van der Waals surface area contributed by atoms with Gasteiger partial charge in [0.2, 0.25) is 35.4 Å². The maximum absolute atomic E-state index is 14.3. The number of rotatable bonds is 31. The number of fused-ring (bicyclic) bond motifs is 1. The maximum Gasteiger partial charge on any atom is 0.305 e. The van der Waals surface area contributed by atoms with Gasteiger partial charge in [0.1, 0.15) is 29.9 Å². The third-order valence-corrected chi connectivity index (χ3v) is 11.6. The minimum absolute atomic E-state index is 0.00882. The largest absolute Gasteiger partial charge is 0.508 e. The van der Waals surface area contributed by atoms with Crippen LogP contribution in [-0.4, -0.2) is 123 Å². The number of carboxylic acid groups (broad SMARTS) is 1. The summed E-state index contributed by atoms with van der Waals surface area (Å²) in [4.78, 5) is 99.1. The molecule has 1 aromatic heterocycles. The molecule has 65 heavy (non-hydrogen) atoms. The molecule has 0 aliphatic rings. The molecule has 0 aliphatic heterocycles. The quantitative estimate of drug-likeness (QED) is 0.0421. The number of aromatic amines is 1. The number of aromatic nitrogens is 1. The van der Waals surface area contributed by atoms with Gasteiger partial charge in [0.25, 0.3) is 0 Å². The number of carbonyl (C=O) groups is 7. The number of thioether (sulfide) groups is 1. The van der Waals surface area contributed by atoms with Crippen LogP contribution in [0.15, 0.2) is 54.7 Å². The number of hydrogen-bond acceptors (Lipinski definition) is 10. The van der Waals surface area contributed by atoms with E-state index in [9.17, 15) is 43.8 Å². The molecule has 18 heteroatoms. The van der Waals surface area contributed by atoms with Crippen molar-refractivity contribution in [3.8, 4) is 5.75 Å². The number of aromatic hydroxyl groups is 1. The Hall–Kier alpha value is -5.62. The van der Waals surface area contributed by atoms with Crippen molar-refractivity contribution in [1.82, 2.24) is 36.5 Å². The summed E-state index contributed by atoms with van der Waals surface area (Å²) in [7, 11) is 0. The van der Waals surface area contributed by atoms with E-state index >= 15 is 0 Å². The summed E-state index contributed by atoms with van der Waals surface area (Å²) < 4.78 is 0. The van der Waals surface area contributed by atoms with Gasteiger partial charge >= 0.3 is 5.97 Å². The molecule has 1 heterocycles. The summed E-state index contributed by atoms with van der Waals surface area (Å²) in [6, 6.07) is 7.87. The molecule has 3 aromatic rings. The van der Waals surface area contributed by atoms with Gasteiger partial charge in [-0.2, -0.15) is 11.8 Å². The zero-order valence-corrected chi connectivity index (χ0v) is 39.1. The predicted molar refractivity (Wildman–Crippen MR) is 253 cm³/mol. The molecule has 0 radical (unpaired) electrons. The third kappa shape index (κ3) is 18.8. The molecule has 0 saturated carbocycles. The first kappa shape index (κ1) is 53.7. The smallest absolute Gasteiger partial charge is 0.305 e. The predicted octanol–water partition coefficient (Wildman–Crippen LogP) is 3.67. The Morgan fingerprint density at radius 1 is 0.708 bits per heavy atom. The lowest BCUT2D eigenvalue weighted by Gasteiger charge is -2.29. The Bertz CT molecular complexity index is 1980. The van der Waals surface area contributed by atoms with E-state index in [0.717, 1.165) is 55.8 Å². The Morgan fingerprint density at radius 3 is 1.94 bits per heavy atom. The number of H-pyrrole nitrogens is 1. The average molecular weight is 923 g/mol. The first-order valence-electron chi connectivity index (χ1n) is 22.8. The lowest BCUT2D eigenvalue weighted by molar-refractivity contribution is -0.144. The number of nitrogens with one attached hydrogen (secondary N) is 6. The van der Waals surface area contributed by atoms with Gasteiger partial charge < -0.3 is 52.4 Å². The summed E-state index contributed by atoms with van der Waals surface area (Å²) in [6.45, 7) is 6.33. The third-order valence-electron chi connectivity index (χ3n) is 11.0. The van der Waals surface area contributed by atoms with Gasteiger partial charge in [0.15, 0.2) is 0 Å². The number of carboxylic acids is 1. The van der Waals surface area contributed by atoms with Crippen molar-refractivity contribution in [2.45, 2.75) is 134 Å². The van der Waals surface area contributed by atoms with Gasteiger partial charge in [-0.1, -0.05) is 89.6 Å². The highest BCUT2D eigenvalue weighted by Crippen LogP contribution is 2.20. The maximum atomic E-state index is 14.3. The van der Waals surface area contributed by atoms with E-state index in [2.05, 4.69) is 31.6 Å². The van der Waals surface area contributed by atoms with Crippen LogP contribution in [0.2, 0.25) is 0 Å². The summed E-state index contributed by atoms with van der Waals surface area (Å²) >= 11 is 1.43. The van der Waals surface area contributed by atoms with Gasteiger partial charge in [-0.05, 0) is 73.4 Å². The van der Waals surface area contributed by atoms with E-state index in [1.54, 1.807) is 23.2 Å². The van der Waals surface area contributed by atoms with Crippen molar-refractivity contribution in [1.29, 1.82) is 0 Å². The molecule has 3 rings (SSSR count). The fourth-order valence-corrected chi connectivity index (χ4v) is 7.75. The highest BCUT2D eigenvalue weighted by molar-refractivity contribution is 7.98. The van der Waals surface area contributed by atoms with Gasteiger partial charge in [-0.15, -0.1) is 0 Å². The number of phenolic OH excluding ortho intramolecular Hbond substituents is 1. The number of phenols is 1. The van der Waals surface area contributed by atoms with Crippen LogP contribution in [0.25, 0.3) is 10.9 Å². The molecule has 0 unspecified atom stereocenters. The minimum atomic E-state index is -1.37. The van der Waals surface area contributed by atoms with E-state index in [-0.39, 0.29) is 31.4 Å². The van der Waals surface area contributed by atoms with E-state index in [1.165, 1.54) is 23.9 Å². The number of hydrogen-bond donors (Lipinski definition) is 9. The van der Waals surface area contributed by atoms with Crippen molar-refractivity contribution in [3.63, 3.8) is 0 Å². The first-order chi connectivity index (χ1) is 31.2. The zero-order valence-electron chi connectivity index (χ0n) is 38.3. The standard InChI is InChI=1S/C47H70N8O9S/c1-5-8-13-23-55(24-14-9-6-2)47(64)40(28-42(58)59)54-45(62)38(22-25-65-4)53-46(63)39(27-32-29-49-36-17-12-11-15-34(32)36)51-41(57)30-50-44(61)37(16-10-7-3)52-43(60)35(48)26-31-18-20-33(56)21-19-31/h11-12,15,17-21,29,35,37-40,49,56H,5-10,13-14,16,22-28,30,48H2,1-4H3,(H,50,61)(H,51,57)(H,52,60)(H,53,63)(H,54,62)(H,58,59)/t35-,37-,38-,39-,40-/m0/s1.